The Morgan fingerprint density at radius 3 is 1.94 bits per heavy atom. The van der Waals surface area contributed by atoms with Gasteiger partial charge in [-0.2, -0.15) is 13.2 Å². The summed E-state index contributed by atoms with van der Waals surface area (Å²) >= 11 is 0. The van der Waals surface area contributed by atoms with E-state index in [0.717, 1.165) is 30.7 Å². The molecule has 0 bridgehead atoms. The van der Waals surface area contributed by atoms with Gasteiger partial charge in [-0.25, -0.2) is 8.42 Å². The molecular weight excluding hydrogens is 265 g/mol. The third-order valence-electron chi connectivity index (χ3n) is 3.55. The molecule has 6 heteroatoms. The van der Waals surface area contributed by atoms with Gasteiger partial charge in [0.2, 0.25) is 0 Å². The highest BCUT2D eigenvalue weighted by Crippen LogP contribution is 2.42. The average Bonchev–Trinajstić information content (AvgIpc) is 2.24. The summed E-state index contributed by atoms with van der Waals surface area (Å²) in [6.45, 7) is 1.64. The predicted octanol–water partition coefficient (Wildman–Crippen LogP) is 3.42. The van der Waals surface area contributed by atoms with E-state index in [2.05, 4.69) is 0 Å². The first-order chi connectivity index (χ1) is 8.17. The van der Waals surface area contributed by atoms with Gasteiger partial charge in [0.05, 0.1) is 15.2 Å². The molecule has 1 fully saturated rings. The van der Waals surface area contributed by atoms with Crippen molar-refractivity contribution in [3.05, 3.63) is 29.8 Å². The smallest absolute Gasteiger partial charge is 0.223 e. The Morgan fingerprint density at radius 2 is 1.61 bits per heavy atom. The van der Waals surface area contributed by atoms with Crippen LogP contribution in [0.2, 0.25) is 0 Å². The van der Waals surface area contributed by atoms with E-state index < -0.39 is 26.3 Å². The van der Waals surface area contributed by atoms with Gasteiger partial charge in [-0.3, -0.25) is 0 Å². The Kier molecular flexibility index (Phi) is 2.96. The molecule has 0 spiro atoms. The molecule has 1 aliphatic carbocycles. The number of halogens is 3. The lowest BCUT2D eigenvalue weighted by atomic mass is 9.86. The van der Waals surface area contributed by atoms with E-state index in [-0.39, 0.29) is 4.90 Å². The third kappa shape index (κ3) is 2.02. The molecule has 0 radical (unpaired) electrons. The first kappa shape index (κ1) is 13.4. The molecule has 0 aromatic heterocycles. The molecule has 1 saturated carbocycles. The Hall–Kier alpha value is -1.04. The maximum atomic E-state index is 12.4. The fourth-order valence-electron chi connectivity index (χ4n) is 2.05. The van der Waals surface area contributed by atoms with E-state index in [9.17, 15) is 21.6 Å². The summed E-state index contributed by atoms with van der Waals surface area (Å²) in [7, 11) is -3.53. The van der Waals surface area contributed by atoms with E-state index in [0.29, 0.717) is 12.8 Å². The fourth-order valence-corrected chi connectivity index (χ4v) is 3.94. The van der Waals surface area contributed by atoms with Crippen molar-refractivity contribution >= 4 is 9.84 Å². The van der Waals surface area contributed by atoms with E-state index in [1.54, 1.807) is 6.92 Å². The van der Waals surface area contributed by atoms with Crippen LogP contribution in [0.25, 0.3) is 0 Å². The minimum Gasteiger partial charge on any atom is -0.223 e. The van der Waals surface area contributed by atoms with Crippen molar-refractivity contribution in [3.63, 3.8) is 0 Å². The van der Waals surface area contributed by atoms with Crippen molar-refractivity contribution in [3.8, 4) is 0 Å². The van der Waals surface area contributed by atoms with Crippen LogP contribution in [0.15, 0.2) is 29.2 Å². The van der Waals surface area contributed by atoms with Gasteiger partial charge in [0, 0.05) is 0 Å². The topological polar surface area (TPSA) is 34.1 Å². The molecule has 100 valence electrons. The largest absolute Gasteiger partial charge is 0.416 e. The second-order valence-corrected chi connectivity index (χ2v) is 7.29. The summed E-state index contributed by atoms with van der Waals surface area (Å²) in [5.41, 5.74) is -0.833. The minimum absolute atomic E-state index is 0.0299. The van der Waals surface area contributed by atoms with Gasteiger partial charge in [0.25, 0.3) is 0 Å². The molecule has 0 atom stereocenters. The maximum Gasteiger partial charge on any atom is 0.416 e. The lowest BCUT2D eigenvalue weighted by Crippen LogP contribution is -2.42. The van der Waals surface area contributed by atoms with E-state index >= 15 is 0 Å². The molecule has 1 aromatic rings. The van der Waals surface area contributed by atoms with Gasteiger partial charge in [0.15, 0.2) is 9.84 Å². The van der Waals surface area contributed by atoms with Crippen molar-refractivity contribution < 1.29 is 21.6 Å². The number of hydrogen-bond acceptors (Lipinski definition) is 2. The van der Waals surface area contributed by atoms with Crippen LogP contribution in [-0.4, -0.2) is 13.2 Å². The molecule has 1 aromatic carbocycles. The quantitative estimate of drug-likeness (QED) is 0.830. The Balaban J connectivity index is 2.36. The fraction of sp³-hybridized carbons (Fsp3) is 0.500. The second kappa shape index (κ2) is 3.98. The van der Waals surface area contributed by atoms with Crippen LogP contribution < -0.4 is 0 Å². The first-order valence-corrected chi connectivity index (χ1v) is 7.07. The third-order valence-corrected chi connectivity index (χ3v) is 6.15. The van der Waals surface area contributed by atoms with Gasteiger partial charge in [-0.15, -0.1) is 0 Å². The second-order valence-electron chi connectivity index (χ2n) is 4.83. The van der Waals surface area contributed by atoms with Gasteiger partial charge in [-0.05, 0) is 44.0 Å². The highest BCUT2D eigenvalue weighted by molar-refractivity contribution is 7.92. The molecule has 0 amide bonds. The number of alkyl halides is 3. The molecule has 18 heavy (non-hydrogen) atoms. The van der Waals surface area contributed by atoms with Gasteiger partial charge >= 0.3 is 6.18 Å². The molecular formula is C12H13F3O2S. The standard InChI is InChI=1S/C12H13F3O2S/c1-11(7-2-8-11)18(16,17)10-5-3-9(4-6-10)12(13,14)15/h3-6H,2,7-8H2,1H3. The highest BCUT2D eigenvalue weighted by atomic mass is 32.2. The van der Waals surface area contributed by atoms with E-state index in [4.69, 9.17) is 0 Å². The summed E-state index contributed by atoms with van der Waals surface area (Å²) in [5.74, 6) is 0. The normalized spacial score (nSPS) is 19.3. The molecule has 0 unspecified atom stereocenters. The summed E-state index contributed by atoms with van der Waals surface area (Å²) in [6.07, 6.45) is -2.47. The average molecular weight is 278 g/mol. The summed E-state index contributed by atoms with van der Waals surface area (Å²) < 4.78 is 60.8. The number of sulfone groups is 1. The zero-order valence-corrected chi connectivity index (χ0v) is 10.6. The van der Waals surface area contributed by atoms with Crippen LogP contribution in [0.1, 0.15) is 31.7 Å². The number of hydrogen-bond donors (Lipinski definition) is 0. The Morgan fingerprint density at radius 1 is 1.11 bits per heavy atom. The van der Waals surface area contributed by atoms with Crippen LogP contribution in [0, 0.1) is 0 Å². The summed E-state index contributed by atoms with van der Waals surface area (Å²) in [4.78, 5) is -0.0299. The lowest BCUT2D eigenvalue weighted by molar-refractivity contribution is -0.137. The predicted molar refractivity (Wildman–Crippen MR) is 60.9 cm³/mol. The molecule has 0 heterocycles. The van der Waals surface area contributed by atoms with Crippen molar-refractivity contribution in [1.82, 2.24) is 0 Å². The SMILES string of the molecule is CC1(S(=O)(=O)c2ccc(C(F)(F)F)cc2)CCC1. The van der Waals surface area contributed by atoms with Crippen molar-refractivity contribution in [2.75, 3.05) is 0 Å². The Labute approximate surface area is 104 Å². The lowest BCUT2D eigenvalue weighted by Gasteiger charge is -2.37. The molecule has 2 nitrogen and oxygen atoms in total. The summed E-state index contributed by atoms with van der Waals surface area (Å²) in [5, 5.41) is 0. The van der Waals surface area contributed by atoms with Gasteiger partial charge < -0.3 is 0 Å². The van der Waals surface area contributed by atoms with Gasteiger partial charge in [-0.1, -0.05) is 6.42 Å². The molecule has 0 saturated heterocycles. The molecule has 0 aliphatic heterocycles. The van der Waals surface area contributed by atoms with Crippen LogP contribution in [0.3, 0.4) is 0 Å². The first-order valence-electron chi connectivity index (χ1n) is 5.59. The van der Waals surface area contributed by atoms with Crippen molar-refractivity contribution in [2.45, 2.75) is 42.0 Å². The van der Waals surface area contributed by atoms with Crippen LogP contribution in [0.5, 0.6) is 0 Å². The van der Waals surface area contributed by atoms with Crippen LogP contribution in [0.4, 0.5) is 13.2 Å². The molecule has 2 rings (SSSR count). The van der Waals surface area contributed by atoms with Crippen molar-refractivity contribution in [1.29, 1.82) is 0 Å². The van der Waals surface area contributed by atoms with E-state index in [1.807, 2.05) is 0 Å². The number of benzene rings is 1. The minimum atomic E-state index is -4.44. The van der Waals surface area contributed by atoms with Crippen LogP contribution in [-0.2, 0) is 16.0 Å². The van der Waals surface area contributed by atoms with Crippen LogP contribution >= 0.6 is 0 Å². The Bertz CT molecular complexity index is 540. The number of rotatable bonds is 2. The highest BCUT2D eigenvalue weighted by Gasteiger charge is 2.45. The van der Waals surface area contributed by atoms with E-state index in [1.165, 1.54) is 0 Å². The van der Waals surface area contributed by atoms with Gasteiger partial charge in [0.1, 0.15) is 0 Å². The molecule has 1 aliphatic rings. The summed E-state index contributed by atoms with van der Waals surface area (Å²) in [6, 6.07) is 3.72. The zero-order chi connectivity index (χ0) is 13.6. The van der Waals surface area contributed by atoms with Crippen molar-refractivity contribution in [2.24, 2.45) is 0 Å². The molecule has 0 N–H and O–H groups in total. The monoisotopic (exact) mass is 278 g/mol. The maximum absolute atomic E-state index is 12.4. The zero-order valence-electron chi connectivity index (χ0n) is 9.79.